The summed E-state index contributed by atoms with van der Waals surface area (Å²) in [5, 5.41) is 21.4. The first kappa shape index (κ1) is 12.0. The molecular formula is C12H8FN3O2. The molecule has 0 aliphatic heterocycles. The van der Waals surface area contributed by atoms with Crippen LogP contribution in [0, 0.1) is 17.1 Å². The second-order valence-corrected chi connectivity index (χ2v) is 3.51. The molecule has 0 unspecified atom stereocenters. The SMILES string of the molecule is N#Cc1ccc(-n2ccc(=O)c(CO)n2)cc1F. The van der Waals surface area contributed by atoms with Gasteiger partial charge >= 0.3 is 0 Å². The normalized spacial score (nSPS) is 10.1. The van der Waals surface area contributed by atoms with Gasteiger partial charge in [-0.25, -0.2) is 9.07 Å². The predicted molar refractivity (Wildman–Crippen MR) is 60.4 cm³/mol. The summed E-state index contributed by atoms with van der Waals surface area (Å²) in [4.78, 5) is 11.2. The fourth-order valence-electron chi connectivity index (χ4n) is 1.44. The second kappa shape index (κ2) is 4.77. The van der Waals surface area contributed by atoms with E-state index in [4.69, 9.17) is 10.4 Å². The topological polar surface area (TPSA) is 78.9 Å². The van der Waals surface area contributed by atoms with Crippen LogP contribution in [0.5, 0.6) is 0 Å². The molecule has 1 N–H and O–H groups in total. The van der Waals surface area contributed by atoms with Gasteiger partial charge in [0.05, 0.1) is 17.9 Å². The van der Waals surface area contributed by atoms with Crippen LogP contribution in [0.15, 0.2) is 35.3 Å². The van der Waals surface area contributed by atoms with Gasteiger partial charge in [0.1, 0.15) is 17.6 Å². The van der Waals surface area contributed by atoms with Crippen molar-refractivity contribution in [2.45, 2.75) is 6.61 Å². The van der Waals surface area contributed by atoms with Crippen molar-refractivity contribution in [3.05, 3.63) is 57.8 Å². The van der Waals surface area contributed by atoms with Gasteiger partial charge in [-0.3, -0.25) is 4.79 Å². The third-order valence-corrected chi connectivity index (χ3v) is 2.37. The van der Waals surface area contributed by atoms with E-state index < -0.39 is 12.4 Å². The third-order valence-electron chi connectivity index (χ3n) is 2.37. The molecule has 0 saturated heterocycles. The number of rotatable bonds is 2. The molecule has 0 fully saturated rings. The molecule has 0 spiro atoms. The summed E-state index contributed by atoms with van der Waals surface area (Å²) in [5.74, 6) is -0.666. The molecule has 0 saturated carbocycles. The number of aliphatic hydroxyl groups excluding tert-OH is 1. The molecule has 1 aromatic heterocycles. The minimum Gasteiger partial charge on any atom is -0.390 e. The van der Waals surface area contributed by atoms with Crippen molar-refractivity contribution >= 4 is 0 Å². The highest BCUT2D eigenvalue weighted by molar-refractivity contribution is 5.40. The summed E-state index contributed by atoms with van der Waals surface area (Å²) in [6.45, 7) is -0.488. The van der Waals surface area contributed by atoms with Crippen LogP contribution >= 0.6 is 0 Å². The molecule has 2 aromatic rings. The molecule has 6 heteroatoms. The van der Waals surface area contributed by atoms with Crippen LogP contribution in [0.2, 0.25) is 0 Å². The van der Waals surface area contributed by atoms with Crippen molar-refractivity contribution in [2.75, 3.05) is 0 Å². The summed E-state index contributed by atoms with van der Waals surface area (Å²) in [7, 11) is 0. The summed E-state index contributed by atoms with van der Waals surface area (Å²) in [6.07, 6.45) is 1.36. The van der Waals surface area contributed by atoms with Gasteiger partial charge in [-0.1, -0.05) is 0 Å². The molecule has 0 aliphatic rings. The number of aromatic nitrogens is 2. The Kier molecular flexibility index (Phi) is 3.17. The van der Waals surface area contributed by atoms with E-state index in [2.05, 4.69) is 5.10 Å². The van der Waals surface area contributed by atoms with Crippen molar-refractivity contribution in [1.82, 2.24) is 9.78 Å². The fraction of sp³-hybridized carbons (Fsp3) is 0.0833. The summed E-state index contributed by atoms with van der Waals surface area (Å²) in [6, 6.07) is 6.90. The highest BCUT2D eigenvalue weighted by Crippen LogP contribution is 2.12. The van der Waals surface area contributed by atoms with Crippen LogP contribution in [0.3, 0.4) is 0 Å². The Morgan fingerprint density at radius 1 is 1.44 bits per heavy atom. The Balaban J connectivity index is 2.53. The number of nitrogens with zero attached hydrogens (tertiary/aromatic N) is 3. The third kappa shape index (κ3) is 2.12. The van der Waals surface area contributed by atoms with Crippen LogP contribution in [-0.2, 0) is 6.61 Å². The lowest BCUT2D eigenvalue weighted by atomic mass is 10.2. The lowest BCUT2D eigenvalue weighted by molar-refractivity contribution is 0.273. The van der Waals surface area contributed by atoms with Gasteiger partial charge in [-0.05, 0) is 12.1 Å². The van der Waals surface area contributed by atoms with Crippen LogP contribution in [0.4, 0.5) is 4.39 Å². The van der Waals surface area contributed by atoms with E-state index in [1.807, 2.05) is 0 Å². The van der Waals surface area contributed by atoms with Gasteiger partial charge in [0.2, 0.25) is 5.43 Å². The number of hydrogen-bond acceptors (Lipinski definition) is 4. The van der Waals surface area contributed by atoms with Gasteiger partial charge in [0.15, 0.2) is 0 Å². The summed E-state index contributed by atoms with van der Waals surface area (Å²) >= 11 is 0. The Morgan fingerprint density at radius 3 is 2.83 bits per heavy atom. The average Bonchev–Trinajstić information content (AvgIpc) is 2.39. The highest BCUT2D eigenvalue weighted by Gasteiger charge is 2.06. The molecule has 90 valence electrons. The van der Waals surface area contributed by atoms with Gasteiger partial charge in [-0.15, -0.1) is 0 Å². The van der Waals surface area contributed by atoms with E-state index >= 15 is 0 Å². The van der Waals surface area contributed by atoms with Crippen LogP contribution in [0.1, 0.15) is 11.3 Å². The smallest absolute Gasteiger partial charge is 0.205 e. The van der Waals surface area contributed by atoms with Gasteiger partial charge in [-0.2, -0.15) is 10.4 Å². The van der Waals surface area contributed by atoms with E-state index in [9.17, 15) is 9.18 Å². The maximum atomic E-state index is 13.4. The Bertz CT molecular complexity index is 688. The predicted octanol–water partition coefficient (Wildman–Crippen LogP) is 0.736. The Morgan fingerprint density at radius 2 is 2.22 bits per heavy atom. The van der Waals surface area contributed by atoms with E-state index in [0.29, 0.717) is 5.69 Å². The first-order valence-corrected chi connectivity index (χ1v) is 5.05. The van der Waals surface area contributed by atoms with E-state index in [-0.39, 0.29) is 16.7 Å². The van der Waals surface area contributed by atoms with Crippen molar-refractivity contribution < 1.29 is 9.50 Å². The Labute approximate surface area is 101 Å². The minimum absolute atomic E-state index is 0.0257. The number of hydrogen-bond donors (Lipinski definition) is 1. The lowest BCUT2D eigenvalue weighted by Gasteiger charge is -2.06. The van der Waals surface area contributed by atoms with E-state index in [1.165, 1.54) is 29.1 Å². The first-order valence-electron chi connectivity index (χ1n) is 5.05. The molecule has 5 nitrogen and oxygen atoms in total. The molecule has 0 bridgehead atoms. The monoisotopic (exact) mass is 245 g/mol. The molecule has 1 heterocycles. The molecule has 0 aliphatic carbocycles. The molecule has 0 atom stereocenters. The molecule has 1 aromatic carbocycles. The van der Waals surface area contributed by atoms with Crippen molar-refractivity contribution in [3.8, 4) is 11.8 Å². The van der Waals surface area contributed by atoms with Crippen LogP contribution in [0.25, 0.3) is 5.69 Å². The standard InChI is InChI=1S/C12H8FN3O2/c13-10-5-9(2-1-8(10)6-14)16-4-3-12(18)11(7-17)15-16/h1-5,17H,7H2. The molecule has 2 rings (SSSR count). The molecule has 0 radical (unpaired) electrons. The summed E-state index contributed by atoms with van der Waals surface area (Å²) in [5.41, 5.74) is -0.117. The molecule has 18 heavy (non-hydrogen) atoms. The number of benzene rings is 1. The van der Waals surface area contributed by atoms with Gasteiger partial charge in [0.25, 0.3) is 0 Å². The first-order chi connectivity index (χ1) is 8.65. The van der Waals surface area contributed by atoms with E-state index in [0.717, 1.165) is 6.07 Å². The van der Waals surface area contributed by atoms with Crippen LogP contribution in [-0.4, -0.2) is 14.9 Å². The molecular weight excluding hydrogens is 237 g/mol. The van der Waals surface area contributed by atoms with Crippen molar-refractivity contribution in [3.63, 3.8) is 0 Å². The lowest BCUT2D eigenvalue weighted by Crippen LogP contribution is -2.15. The zero-order chi connectivity index (χ0) is 13.1. The van der Waals surface area contributed by atoms with Crippen molar-refractivity contribution in [2.24, 2.45) is 0 Å². The number of nitriles is 1. The quantitative estimate of drug-likeness (QED) is 0.846. The Hall–Kier alpha value is -2.52. The van der Waals surface area contributed by atoms with Crippen LogP contribution < -0.4 is 5.43 Å². The average molecular weight is 245 g/mol. The highest BCUT2D eigenvalue weighted by atomic mass is 19.1. The van der Waals surface area contributed by atoms with Gasteiger partial charge < -0.3 is 5.11 Å². The van der Waals surface area contributed by atoms with Gasteiger partial charge in [0, 0.05) is 18.3 Å². The number of halogens is 1. The minimum atomic E-state index is -0.666. The largest absolute Gasteiger partial charge is 0.390 e. The second-order valence-electron chi connectivity index (χ2n) is 3.51. The van der Waals surface area contributed by atoms with Crippen molar-refractivity contribution in [1.29, 1.82) is 5.26 Å². The number of aliphatic hydroxyl groups is 1. The fourth-order valence-corrected chi connectivity index (χ4v) is 1.44. The zero-order valence-electron chi connectivity index (χ0n) is 9.17. The van der Waals surface area contributed by atoms with E-state index in [1.54, 1.807) is 6.07 Å². The molecule has 0 amide bonds. The maximum Gasteiger partial charge on any atom is 0.205 e. The maximum absolute atomic E-state index is 13.4. The summed E-state index contributed by atoms with van der Waals surface area (Å²) < 4.78 is 14.7. The zero-order valence-corrected chi connectivity index (χ0v) is 9.17.